The number of nitrogens with zero attached hydrogens (tertiary/aromatic N) is 1. The second-order valence-corrected chi connectivity index (χ2v) is 3.38. The molecule has 0 aliphatic rings. The van der Waals surface area contributed by atoms with Gasteiger partial charge in [-0.05, 0) is 12.1 Å². The minimum absolute atomic E-state index is 0.175. The van der Waals surface area contributed by atoms with Gasteiger partial charge < -0.3 is 14.4 Å². The number of fused-ring (bicyclic) bond motifs is 1. The van der Waals surface area contributed by atoms with Crippen molar-refractivity contribution in [2.45, 2.75) is 6.54 Å². The Balaban J connectivity index is 2.64. The highest BCUT2D eigenvalue weighted by Gasteiger charge is 2.11. The molecule has 2 aromatic rings. The largest absolute Gasteiger partial charge is 0.494 e. The van der Waals surface area contributed by atoms with Crippen LogP contribution in [0.4, 0.5) is 4.39 Å². The molecule has 0 fully saturated rings. The van der Waals surface area contributed by atoms with E-state index in [1.165, 1.54) is 23.8 Å². The van der Waals surface area contributed by atoms with E-state index in [9.17, 15) is 9.18 Å². The summed E-state index contributed by atoms with van der Waals surface area (Å²) in [5.74, 6) is -1.03. The van der Waals surface area contributed by atoms with Gasteiger partial charge in [0, 0.05) is 17.6 Å². The summed E-state index contributed by atoms with van der Waals surface area (Å²) in [5.41, 5.74) is 0.589. The van der Waals surface area contributed by atoms with E-state index in [0.717, 1.165) is 0 Å². The summed E-state index contributed by atoms with van der Waals surface area (Å²) in [4.78, 5) is 10.6. The van der Waals surface area contributed by atoms with Crippen molar-refractivity contribution in [3.63, 3.8) is 0 Å². The second-order valence-electron chi connectivity index (χ2n) is 3.38. The van der Waals surface area contributed by atoms with Crippen molar-refractivity contribution in [1.29, 1.82) is 0 Å². The van der Waals surface area contributed by atoms with Crippen LogP contribution >= 0.6 is 0 Å². The van der Waals surface area contributed by atoms with Crippen molar-refractivity contribution < 1.29 is 19.0 Å². The highest BCUT2D eigenvalue weighted by molar-refractivity contribution is 5.87. The summed E-state index contributed by atoms with van der Waals surface area (Å²) in [6, 6.07) is 4.24. The van der Waals surface area contributed by atoms with E-state index in [1.54, 1.807) is 12.3 Å². The van der Waals surface area contributed by atoms with Gasteiger partial charge in [0.2, 0.25) is 0 Å². The monoisotopic (exact) mass is 223 g/mol. The highest BCUT2D eigenvalue weighted by Crippen LogP contribution is 2.27. The lowest BCUT2D eigenvalue weighted by Gasteiger charge is -2.07. The van der Waals surface area contributed by atoms with Crippen LogP contribution in [-0.2, 0) is 11.3 Å². The first-order chi connectivity index (χ1) is 7.61. The lowest BCUT2D eigenvalue weighted by Crippen LogP contribution is -2.07. The van der Waals surface area contributed by atoms with Crippen molar-refractivity contribution in [2.24, 2.45) is 0 Å². The summed E-state index contributed by atoms with van der Waals surface area (Å²) in [6.07, 6.45) is 1.60. The minimum Gasteiger partial charge on any atom is -0.494 e. The molecule has 0 saturated heterocycles. The Morgan fingerprint density at radius 2 is 2.31 bits per heavy atom. The van der Waals surface area contributed by atoms with E-state index >= 15 is 0 Å². The number of hydrogen-bond acceptors (Lipinski definition) is 2. The van der Waals surface area contributed by atoms with Gasteiger partial charge in [-0.1, -0.05) is 0 Å². The summed E-state index contributed by atoms with van der Waals surface area (Å²) in [7, 11) is 1.42. The number of rotatable bonds is 3. The first-order valence-electron chi connectivity index (χ1n) is 4.66. The summed E-state index contributed by atoms with van der Waals surface area (Å²) < 4.78 is 19.7. The average Bonchev–Trinajstić information content (AvgIpc) is 2.59. The zero-order chi connectivity index (χ0) is 11.7. The van der Waals surface area contributed by atoms with Crippen LogP contribution in [0, 0.1) is 5.82 Å². The molecule has 1 aromatic carbocycles. The van der Waals surface area contributed by atoms with Crippen LogP contribution in [-0.4, -0.2) is 22.8 Å². The van der Waals surface area contributed by atoms with E-state index in [4.69, 9.17) is 9.84 Å². The zero-order valence-electron chi connectivity index (χ0n) is 8.61. The van der Waals surface area contributed by atoms with Crippen molar-refractivity contribution in [3.05, 3.63) is 30.2 Å². The van der Waals surface area contributed by atoms with Gasteiger partial charge in [0.1, 0.15) is 18.1 Å². The molecule has 1 heterocycles. The highest BCUT2D eigenvalue weighted by atomic mass is 19.1. The van der Waals surface area contributed by atoms with E-state index in [0.29, 0.717) is 16.7 Å². The molecule has 0 spiro atoms. The predicted molar refractivity (Wildman–Crippen MR) is 56.1 cm³/mol. The van der Waals surface area contributed by atoms with E-state index in [2.05, 4.69) is 0 Å². The van der Waals surface area contributed by atoms with E-state index in [-0.39, 0.29) is 6.54 Å². The number of methoxy groups -OCH3 is 1. The Bertz CT molecular complexity index is 547. The van der Waals surface area contributed by atoms with Gasteiger partial charge in [-0.25, -0.2) is 4.39 Å². The normalized spacial score (nSPS) is 10.6. The molecule has 0 aliphatic heterocycles. The van der Waals surface area contributed by atoms with Crippen molar-refractivity contribution in [3.8, 4) is 5.75 Å². The summed E-state index contributed by atoms with van der Waals surface area (Å²) in [5, 5.41) is 9.35. The van der Waals surface area contributed by atoms with Gasteiger partial charge in [0.25, 0.3) is 0 Å². The van der Waals surface area contributed by atoms with Crippen LogP contribution in [0.15, 0.2) is 24.4 Å². The molecule has 0 saturated carbocycles. The zero-order valence-corrected chi connectivity index (χ0v) is 8.61. The molecule has 0 bridgehead atoms. The van der Waals surface area contributed by atoms with Gasteiger partial charge in [0.05, 0.1) is 12.6 Å². The van der Waals surface area contributed by atoms with Crippen molar-refractivity contribution in [1.82, 2.24) is 4.57 Å². The number of halogens is 1. The van der Waals surface area contributed by atoms with Crippen molar-refractivity contribution in [2.75, 3.05) is 7.11 Å². The molecule has 0 unspecified atom stereocenters. The topological polar surface area (TPSA) is 51.5 Å². The third-order valence-electron chi connectivity index (χ3n) is 2.32. The van der Waals surface area contributed by atoms with Crippen molar-refractivity contribution >= 4 is 16.9 Å². The molecule has 1 N–H and O–H groups in total. The number of aliphatic carboxylic acids is 1. The molecule has 84 valence electrons. The molecule has 16 heavy (non-hydrogen) atoms. The van der Waals surface area contributed by atoms with Gasteiger partial charge in [-0.2, -0.15) is 0 Å². The lowest BCUT2D eigenvalue weighted by molar-refractivity contribution is -0.137. The maximum atomic E-state index is 13.2. The fourth-order valence-corrected chi connectivity index (χ4v) is 1.71. The first-order valence-corrected chi connectivity index (χ1v) is 4.66. The molecule has 1 aromatic heterocycles. The van der Waals surface area contributed by atoms with Gasteiger partial charge in [0.15, 0.2) is 0 Å². The number of carboxylic acid groups (broad SMARTS) is 1. The maximum absolute atomic E-state index is 13.2. The molecule has 2 rings (SSSR count). The molecular formula is C11H10FNO3. The molecule has 4 nitrogen and oxygen atoms in total. The lowest BCUT2D eigenvalue weighted by atomic mass is 10.2. The number of ether oxygens (including phenoxy) is 1. The van der Waals surface area contributed by atoms with E-state index in [1.807, 2.05) is 0 Å². The Labute approximate surface area is 90.9 Å². The quantitative estimate of drug-likeness (QED) is 0.864. The molecule has 0 amide bonds. The van der Waals surface area contributed by atoms with Crippen LogP contribution in [0.5, 0.6) is 5.75 Å². The SMILES string of the molecule is COc1cc(F)cc2ccn(CC(=O)O)c12. The number of carboxylic acids is 1. The molecule has 5 heteroatoms. The molecule has 0 radical (unpaired) electrons. The average molecular weight is 223 g/mol. The van der Waals surface area contributed by atoms with Crippen LogP contribution < -0.4 is 4.74 Å². The Hall–Kier alpha value is -2.04. The van der Waals surface area contributed by atoms with Crippen LogP contribution in [0.3, 0.4) is 0 Å². The first kappa shape index (κ1) is 10.5. The second kappa shape index (κ2) is 3.84. The maximum Gasteiger partial charge on any atom is 0.323 e. The number of benzene rings is 1. The van der Waals surface area contributed by atoms with Crippen LogP contribution in [0.2, 0.25) is 0 Å². The Kier molecular flexibility index (Phi) is 2.52. The third kappa shape index (κ3) is 1.71. The fourth-order valence-electron chi connectivity index (χ4n) is 1.71. The standard InChI is InChI=1S/C11H10FNO3/c1-16-9-5-8(12)4-7-2-3-13(11(7)9)6-10(14)15/h2-5H,6H2,1H3,(H,14,15). The van der Waals surface area contributed by atoms with Gasteiger partial charge >= 0.3 is 5.97 Å². The number of aromatic nitrogens is 1. The predicted octanol–water partition coefficient (Wildman–Crippen LogP) is 1.87. The Morgan fingerprint density at radius 3 is 2.94 bits per heavy atom. The smallest absolute Gasteiger partial charge is 0.323 e. The summed E-state index contributed by atoms with van der Waals surface area (Å²) in [6.45, 7) is -0.175. The number of hydrogen-bond donors (Lipinski definition) is 1. The molecular weight excluding hydrogens is 213 g/mol. The molecule has 0 atom stereocenters. The minimum atomic E-state index is -0.955. The number of carbonyl (C=O) groups is 1. The Morgan fingerprint density at radius 1 is 1.56 bits per heavy atom. The summed E-state index contributed by atoms with van der Waals surface area (Å²) >= 11 is 0. The molecule has 0 aliphatic carbocycles. The fraction of sp³-hybridized carbons (Fsp3) is 0.182. The third-order valence-corrected chi connectivity index (χ3v) is 2.32. The van der Waals surface area contributed by atoms with Gasteiger partial charge in [-0.3, -0.25) is 4.79 Å². The van der Waals surface area contributed by atoms with Gasteiger partial charge in [-0.15, -0.1) is 0 Å². The van der Waals surface area contributed by atoms with E-state index < -0.39 is 11.8 Å². The van der Waals surface area contributed by atoms with Crippen LogP contribution in [0.25, 0.3) is 10.9 Å². The van der Waals surface area contributed by atoms with Crippen LogP contribution in [0.1, 0.15) is 0 Å².